The SMILES string of the molecule is CC(=O)[C@@H]1COC(C)(C)N1C. The van der Waals surface area contributed by atoms with Crippen LogP contribution in [0.3, 0.4) is 0 Å². The summed E-state index contributed by atoms with van der Waals surface area (Å²) >= 11 is 0. The molecule has 0 aromatic carbocycles. The quantitative estimate of drug-likeness (QED) is 0.559. The van der Waals surface area contributed by atoms with E-state index in [-0.39, 0.29) is 17.6 Å². The van der Waals surface area contributed by atoms with Crippen LogP contribution in [0, 0.1) is 0 Å². The minimum absolute atomic E-state index is 0.0509. The number of carbonyl (C=O) groups excluding carboxylic acids is 1. The van der Waals surface area contributed by atoms with Gasteiger partial charge < -0.3 is 4.74 Å². The van der Waals surface area contributed by atoms with Crippen molar-refractivity contribution in [3.8, 4) is 0 Å². The van der Waals surface area contributed by atoms with Gasteiger partial charge in [0.2, 0.25) is 0 Å². The van der Waals surface area contributed by atoms with Crippen LogP contribution in [-0.2, 0) is 9.53 Å². The predicted molar refractivity (Wildman–Crippen MR) is 42.3 cm³/mol. The first-order valence-corrected chi connectivity index (χ1v) is 3.82. The van der Waals surface area contributed by atoms with Crippen LogP contribution < -0.4 is 0 Å². The van der Waals surface area contributed by atoms with E-state index in [1.165, 1.54) is 0 Å². The first-order chi connectivity index (χ1) is 4.95. The molecule has 0 N–H and O–H groups in total. The zero-order valence-corrected chi connectivity index (χ0v) is 7.55. The highest BCUT2D eigenvalue weighted by molar-refractivity contribution is 5.81. The Balaban J connectivity index is 2.71. The van der Waals surface area contributed by atoms with Crippen LogP contribution in [0.15, 0.2) is 0 Å². The molecule has 0 spiro atoms. The first-order valence-electron chi connectivity index (χ1n) is 3.82. The van der Waals surface area contributed by atoms with E-state index < -0.39 is 0 Å². The zero-order valence-electron chi connectivity index (χ0n) is 7.55. The molecule has 3 heteroatoms. The van der Waals surface area contributed by atoms with Gasteiger partial charge in [-0.25, -0.2) is 0 Å². The molecule has 64 valence electrons. The second-order valence-corrected chi connectivity index (χ2v) is 3.50. The van der Waals surface area contributed by atoms with Crippen molar-refractivity contribution in [1.29, 1.82) is 0 Å². The molecule has 11 heavy (non-hydrogen) atoms. The molecule has 1 heterocycles. The largest absolute Gasteiger partial charge is 0.359 e. The normalized spacial score (nSPS) is 30.7. The van der Waals surface area contributed by atoms with Gasteiger partial charge in [0, 0.05) is 0 Å². The van der Waals surface area contributed by atoms with Crippen molar-refractivity contribution in [1.82, 2.24) is 4.90 Å². The van der Waals surface area contributed by atoms with Gasteiger partial charge in [-0.1, -0.05) is 0 Å². The number of nitrogens with zero attached hydrogens (tertiary/aromatic N) is 1. The van der Waals surface area contributed by atoms with Crippen molar-refractivity contribution in [2.24, 2.45) is 0 Å². The number of Topliss-reactive ketones (excluding diaryl/α,β-unsaturated/α-hetero) is 1. The van der Waals surface area contributed by atoms with Crippen molar-refractivity contribution >= 4 is 5.78 Å². The Morgan fingerprint density at radius 2 is 2.18 bits per heavy atom. The van der Waals surface area contributed by atoms with Gasteiger partial charge in [0.1, 0.15) is 11.5 Å². The Morgan fingerprint density at radius 3 is 2.36 bits per heavy atom. The zero-order chi connectivity index (χ0) is 8.65. The average molecular weight is 157 g/mol. The summed E-state index contributed by atoms with van der Waals surface area (Å²) in [5.74, 6) is 0.179. The van der Waals surface area contributed by atoms with Gasteiger partial charge in [-0.3, -0.25) is 9.69 Å². The van der Waals surface area contributed by atoms with Crippen molar-refractivity contribution in [3.05, 3.63) is 0 Å². The summed E-state index contributed by atoms with van der Waals surface area (Å²) in [7, 11) is 1.92. The fourth-order valence-corrected chi connectivity index (χ4v) is 1.26. The number of carbonyl (C=O) groups is 1. The molecular weight excluding hydrogens is 142 g/mol. The third-order valence-corrected chi connectivity index (χ3v) is 2.38. The van der Waals surface area contributed by atoms with Gasteiger partial charge in [0.25, 0.3) is 0 Å². The highest BCUT2D eigenvalue weighted by Gasteiger charge is 2.39. The number of hydrogen-bond acceptors (Lipinski definition) is 3. The van der Waals surface area contributed by atoms with Crippen molar-refractivity contribution < 1.29 is 9.53 Å². The fourth-order valence-electron chi connectivity index (χ4n) is 1.26. The van der Waals surface area contributed by atoms with E-state index in [1.54, 1.807) is 6.92 Å². The number of ketones is 1. The topological polar surface area (TPSA) is 29.5 Å². The van der Waals surface area contributed by atoms with Gasteiger partial charge in [0.05, 0.1) is 12.6 Å². The van der Waals surface area contributed by atoms with Crippen LogP contribution in [0.1, 0.15) is 20.8 Å². The Morgan fingerprint density at radius 1 is 1.64 bits per heavy atom. The smallest absolute Gasteiger partial charge is 0.149 e. The summed E-state index contributed by atoms with van der Waals surface area (Å²) < 4.78 is 5.43. The maximum atomic E-state index is 11.0. The molecule has 0 saturated carbocycles. The van der Waals surface area contributed by atoms with Crippen LogP contribution in [0.25, 0.3) is 0 Å². The molecule has 0 amide bonds. The van der Waals surface area contributed by atoms with E-state index >= 15 is 0 Å². The molecule has 0 aromatic heterocycles. The molecule has 1 saturated heterocycles. The van der Waals surface area contributed by atoms with Gasteiger partial charge in [-0.05, 0) is 27.8 Å². The lowest BCUT2D eigenvalue weighted by Crippen LogP contribution is -2.43. The number of hydrogen-bond donors (Lipinski definition) is 0. The summed E-state index contributed by atoms with van der Waals surface area (Å²) in [6.07, 6.45) is 0. The van der Waals surface area contributed by atoms with E-state index in [9.17, 15) is 4.79 Å². The molecule has 0 aliphatic carbocycles. The molecule has 1 atom stereocenters. The second kappa shape index (κ2) is 2.57. The monoisotopic (exact) mass is 157 g/mol. The minimum atomic E-state index is -0.281. The second-order valence-electron chi connectivity index (χ2n) is 3.50. The molecule has 1 aliphatic heterocycles. The molecule has 1 fully saturated rings. The van der Waals surface area contributed by atoms with E-state index in [0.717, 1.165) is 0 Å². The molecule has 0 aromatic rings. The van der Waals surface area contributed by atoms with Crippen LogP contribution >= 0.6 is 0 Å². The van der Waals surface area contributed by atoms with Gasteiger partial charge in [-0.2, -0.15) is 0 Å². The lowest BCUT2D eigenvalue weighted by atomic mass is 10.2. The van der Waals surface area contributed by atoms with Crippen LogP contribution in [-0.4, -0.2) is 36.1 Å². The Kier molecular flexibility index (Phi) is 2.03. The molecule has 3 nitrogen and oxygen atoms in total. The standard InChI is InChI=1S/C8H15NO2/c1-6(10)7-5-11-8(2,3)9(7)4/h7H,5H2,1-4H3/t7-/m0/s1. The van der Waals surface area contributed by atoms with Crippen LogP contribution in [0.2, 0.25) is 0 Å². The summed E-state index contributed by atoms with van der Waals surface area (Å²) in [4.78, 5) is 13.0. The molecular formula is C8H15NO2. The van der Waals surface area contributed by atoms with Gasteiger partial charge in [0.15, 0.2) is 0 Å². The summed E-state index contributed by atoms with van der Waals surface area (Å²) in [5, 5.41) is 0. The number of rotatable bonds is 1. The summed E-state index contributed by atoms with van der Waals surface area (Å²) in [6.45, 7) is 6.07. The fraction of sp³-hybridized carbons (Fsp3) is 0.875. The van der Waals surface area contributed by atoms with Gasteiger partial charge >= 0.3 is 0 Å². The van der Waals surface area contributed by atoms with E-state index in [4.69, 9.17) is 4.74 Å². The van der Waals surface area contributed by atoms with E-state index in [2.05, 4.69) is 0 Å². The maximum absolute atomic E-state index is 11.0. The van der Waals surface area contributed by atoms with Crippen molar-refractivity contribution in [3.63, 3.8) is 0 Å². The molecule has 0 unspecified atom stereocenters. The summed E-state index contributed by atoms with van der Waals surface area (Å²) in [5.41, 5.74) is -0.281. The lowest BCUT2D eigenvalue weighted by molar-refractivity contribution is -0.121. The van der Waals surface area contributed by atoms with Crippen LogP contribution in [0.4, 0.5) is 0 Å². The number of likely N-dealkylation sites (N-methyl/N-ethyl adjacent to an activating group) is 1. The van der Waals surface area contributed by atoms with Crippen molar-refractivity contribution in [2.75, 3.05) is 13.7 Å². The first kappa shape index (κ1) is 8.68. The Labute approximate surface area is 67.3 Å². The van der Waals surface area contributed by atoms with Gasteiger partial charge in [-0.15, -0.1) is 0 Å². The van der Waals surface area contributed by atoms with E-state index in [0.29, 0.717) is 6.61 Å². The van der Waals surface area contributed by atoms with Crippen LogP contribution in [0.5, 0.6) is 0 Å². The molecule has 1 rings (SSSR count). The molecule has 1 aliphatic rings. The average Bonchev–Trinajstić information content (AvgIpc) is 2.09. The summed E-state index contributed by atoms with van der Waals surface area (Å²) in [6, 6.07) is -0.0509. The molecule has 0 bridgehead atoms. The number of ether oxygens (including phenoxy) is 1. The predicted octanol–water partition coefficient (Wildman–Crippen LogP) is 0.642. The van der Waals surface area contributed by atoms with Crippen molar-refractivity contribution in [2.45, 2.75) is 32.5 Å². The Hall–Kier alpha value is -0.410. The highest BCUT2D eigenvalue weighted by atomic mass is 16.5. The molecule has 0 radical (unpaired) electrons. The highest BCUT2D eigenvalue weighted by Crippen LogP contribution is 2.24. The Bertz CT molecular complexity index is 177. The third-order valence-electron chi connectivity index (χ3n) is 2.38. The lowest BCUT2D eigenvalue weighted by Gasteiger charge is -2.28. The van der Waals surface area contributed by atoms with E-state index in [1.807, 2.05) is 25.8 Å². The third kappa shape index (κ3) is 1.44. The maximum Gasteiger partial charge on any atom is 0.149 e. The minimum Gasteiger partial charge on any atom is -0.359 e.